The van der Waals surface area contributed by atoms with E-state index in [-0.39, 0.29) is 11.8 Å². The Hall–Kier alpha value is -3.40. The number of hydrogen-bond donors (Lipinski definition) is 0. The van der Waals surface area contributed by atoms with Crippen LogP contribution in [-0.2, 0) is 11.3 Å². The number of rotatable bonds is 4. The van der Waals surface area contributed by atoms with Gasteiger partial charge in [0.15, 0.2) is 0 Å². The number of carbonyl (C=O) groups excluding carboxylic acids is 1. The van der Waals surface area contributed by atoms with E-state index in [0.29, 0.717) is 13.0 Å². The molecule has 0 saturated carbocycles. The van der Waals surface area contributed by atoms with Crippen LogP contribution in [-0.4, -0.2) is 22.0 Å². The van der Waals surface area contributed by atoms with Crippen LogP contribution in [0, 0.1) is 20.8 Å². The lowest BCUT2D eigenvalue weighted by Crippen LogP contribution is -2.24. The third-order valence-corrected chi connectivity index (χ3v) is 6.12. The van der Waals surface area contributed by atoms with Crippen molar-refractivity contribution in [3.8, 4) is 0 Å². The van der Waals surface area contributed by atoms with E-state index in [2.05, 4.69) is 86.0 Å². The summed E-state index contributed by atoms with van der Waals surface area (Å²) in [6.45, 7) is 7.70. The summed E-state index contributed by atoms with van der Waals surface area (Å²) in [5.41, 5.74) is 7.96. The van der Waals surface area contributed by atoms with Crippen LogP contribution in [0.2, 0.25) is 0 Å². The van der Waals surface area contributed by atoms with Gasteiger partial charge in [0.2, 0.25) is 5.91 Å². The lowest BCUT2D eigenvalue weighted by Gasteiger charge is -2.19. The van der Waals surface area contributed by atoms with Gasteiger partial charge in [-0.05, 0) is 61.7 Å². The SMILES string of the molecule is Cc1cccc(Cn2c([C@H]3CC(=O)N(c4cc(C)cc(C)c4)C3)nc3ccccc32)c1. The summed E-state index contributed by atoms with van der Waals surface area (Å²) >= 11 is 0. The minimum Gasteiger partial charge on any atom is -0.323 e. The average molecular weight is 410 g/mol. The summed E-state index contributed by atoms with van der Waals surface area (Å²) in [5, 5.41) is 0. The van der Waals surface area contributed by atoms with E-state index in [0.717, 1.165) is 29.1 Å². The van der Waals surface area contributed by atoms with Gasteiger partial charge in [0.05, 0.1) is 11.0 Å². The van der Waals surface area contributed by atoms with E-state index in [1.54, 1.807) is 0 Å². The predicted molar refractivity (Wildman–Crippen MR) is 126 cm³/mol. The molecule has 1 fully saturated rings. The molecule has 1 atom stereocenters. The van der Waals surface area contributed by atoms with E-state index in [1.807, 2.05) is 11.0 Å². The molecule has 1 aliphatic rings. The lowest BCUT2D eigenvalue weighted by molar-refractivity contribution is -0.117. The molecule has 1 aliphatic heterocycles. The van der Waals surface area contributed by atoms with Crippen molar-refractivity contribution >= 4 is 22.6 Å². The van der Waals surface area contributed by atoms with Crippen molar-refractivity contribution in [2.75, 3.05) is 11.4 Å². The van der Waals surface area contributed by atoms with E-state index in [1.165, 1.54) is 22.3 Å². The molecule has 1 amide bonds. The normalized spacial score (nSPS) is 16.4. The molecule has 5 rings (SSSR count). The molecule has 4 heteroatoms. The van der Waals surface area contributed by atoms with Gasteiger partial charge in [0, 0.05) is 31.1 Å². The van der Waals surface area contributed by atoms with Crippen LogP contribution < -0.4 is 4.90 Å². The van der Waals surface area contributed by atoms with Crippen molar-refractivity contribution in [1.82, 2.24) is 9.55 Å². The zero-order valence-electron chi connectivity index (χ0n) is 18.3. The predicted octanol–water partition coefficient (Wildman–Crippen LogP) is 5.53. The molecule has 1 aromatic heterocycles. The number of anilines is 1. The Morgan fingerprint density at radius 3 is 2.45 bits per heavy atom. The first-order valence-electron chi connectivity index (χ1n) is 10.9. The van der Waals surface area contributed by atoms with Gasteiger partial charge in [-0.25, -0.2) is 4.98 Å². The summed E-state index contributed by atoms with van der Waals surface area (Å²) < 4.78 is 2.30. The van der Waals surface area contributed by atoms with Gasteiger partial charge >= 0.3 is 0 Å². The van der Waals surface area contributed by atoms with Crippen LogP contribution in [0.4, 0.5) is 5.69 Å². The summed E-state index contributed by atoms with van der Waals surface area (Å²) in [6, 6.07) is 23.2. The number of hydrogen-bond acceptors (Lipinski definition) is 2. The molecule has 0 bridgehead atoms. The molecule has 0 aliphatic carbocycles. The highest BCUT2D eigenvalue weighted by molar-refractivity contribution is 5.96. The van der Waals surface area contributed by atoms with Crippen LogP contribution in [0.1, 0.15) is 40.4 Å². The Labute approximate surface area is 183 Å². The third kappa shape index (κ3) is 3.74. The number of benzene rings is 3. The fourth-order valence-electron chi connectivity index (χ4n) is 4.80. The Morgan fingerprint density at radius 2 is 1.68 bits per heavy atom. The fourth-order valence-corrected chi connectivity index (χ4v) is 4.80. The number of nitrogens with zero attached hydrogens (tertiary/aromatic N) is 3. The van der Waals surface area contributed by atoms with Gasteiger partial charge in [0.1, 0.15) is 5.82 Å². The van der Waals surface area contributed by atoms with E-state index < -0.39 is 0 Å². The highest BCUT2D eigenvalue weighted by Gasteiger charge is 2.35. The van der Waals surface area contributed by atoms with Crippen molar-refractivity contribution in [3.05, 3.63) is 94.8 Å². The molecule has 4 nitrogen and oxygen atoms in total. The second kappa shape index (κ2) is 7.69. The summed E-state index contributed by atoms with van der Waals surface area (Å²) in [4.78, 5) is 19.9. The van der Waals surface area contributed by atoms with Crippen molar-refractivity contribution in [2.45, 2.75) is 39.7 Å². The number of imidazole rings is 1. The van der Waals surface area contributed by atoms with Gasteiger partial charge in [-0.15, -0.1) is 0 Å². The van der Waals surface area contributed by atoms with Crippen LogP contribution in [0.15, 0.2) is 66.7 Å². The van der Waals surface area contributed by atoms with Crippen molar-refractivity contribution in [1.29, 1.82) is 0 Å². The number of aromatic nitrogens is 2. The number of fused-ring (bicyclic) bond motifs is 1. The quantitative estimate of drug-likeness (QED) is 0.444. The number of carbonyl (C=O) groups is 1. The Balaban J connectivity index is 1.53. The molecule has 4 aromatic rings. The molecule has 156 valence electrons. The molecule has 3 aromatic carbocycles. The fraction of sp³-hybridized carbons (Fsp3) is 0.259. The Kier molecular flexibility index (Phi) is 4.85. The topological polar surface area (TPSA) is 38.1 Å². The standard InChI is InChI=1S/C27H27N3O/c1-18-7-6-8-21(12-18)16-30-25-10-5-4-9-24(25)28-27(30)22-15-26(31)29(17-22)23-13-19(2)11-20(3)14-23/h4-14,22H,15-17H2,1-3H3/t22-/m0/s1. The summed E-state index contributed by atoms with van der Waals surface area (Å²) in [7, 11) is 0. The van der Waals surface area contributed by atoms with E-state index in [9.17, 15) is 4.79 Å². The molecule has 2 heterocycles. The second-order valence-corrected chi connectivity index (χ2v) is 8.79. The smallest absolute Gasteiger partial charge is 0.227 e. The van der Waals surface area contributed by atoms with Gasteiger partial charge in [-0.2, -0.15) is 0 Å². The highest BCUT2D eigenvalue weighted by atomic mass is 16.2. The first kappa shape index (κ1) is 19.6. The summed E-state index contributed by atoms with van der Waals surface area (Å²) in [6.07, 6.45) is 0.490. The van der Waals surface area contributed by atoms with Crippen LogP contribution in [0.5, 0.6) is 0 Å². The molecule has 0 unspecified atom stereocenters. The zero-order chi connectivity index (χ0) is 21.5. The monoisotopic (exact) mass is 409 g/mol. The maximum absolute atomic E-state index is 13.0. The Morgan fingerprint density at radius 1 is 0.903 bits per heavy atom. The number of aryl methyl sites for hydroxylation is 3. The molecule has 0 N–H and O–H groups in total. The minimum absolute atomic E-state index is 0.0746. The largest absolute Gasteiger partial charge is 0.323 e. The zero-order valence-corrected chi connectivity index (χ0v) is 18.3. The number of amides is 1. The van der Waals surface area contributed by atoms with Crippen LogP contribution >= 0.6 is 0 Å². The van der Waals surface area contributed by atoms with Crippen molar-refractivity contribution < 1.29 is 4.79 Å². The van der Waals surface area contributed by atoms with E-state index in [4.69, 9.17) is 4.98 Å². The van der Waals surface area contributed by atoms with Crippen molar-refractivity contribution in [3.63, 3.8) is 0 Å². The van der Waals surface area contributed by atoms with Gasteiger partial charge in [-0.3, -0.25) is 4.79 Å². The molecule has 0 spiro atoms. The molecule has 1 saturated heterocycles. The minimum atomic E-state index is 0.0746. The maximum Gasteiger partial charge on any atom is 0.227 e. The second-order valence-electron chi connectivity index (χ2n) is 8.79. The lowest BCUT2D eigenvalue weighted by atomic mass is 10.1. The van der Waals surface area contributed by atoms with Crippen LogP contribution in [0.3, 0.4) is 0 Å². The van der Waals surface area contributed by atoms with E-state index >= 15 is 0 Å². The highest BCUT2D eigenvalue weighted by Crippen LogP contribution is 2.34. The first-order valence-corrected chi connectivity index (χ1v) is 10.9. The van der Waals surface area contributed by atoms with Crippen molar-refractivity contribution in [2.24, 2.45) is 0 Å². The van der Waals surface area contributed by atoms with Gasteiger partial charge < -0.3 is 9.47 Å². The maximum atomic E-state index is 13.0. The van der Waals surface area contributed by atoms with Gasteiger partial charge in [0.25, 0.3) is 0 Å². The third-order valence-electron chi connectivity index (χ3n) is 6.12. The average Bonchev–Trinajstić information content (AvgIpc) is 3.28. The van der Waals surface area contributed by atoms with Crippen LogP contribution in [0.25, 0.3) is 11.0 Å². The molecule has 31 heavy (non-hydrogen) atoms. The van der Waals surface area contributed by atoms with Gasteiger partial charge in [-0.1, -0.05) is 48.0 Å². The molecular weight excluding hydrogens is 382 g/mol. The Bertz CT molecular complexity index is 1270. The first-order chi connectivity index (χ1) is 15.0. The number of para-hydroxylation sites is 2. The molecule has 0 radical (unpaired) electrons. The molecular formula is C27H27N3O. The summed E-state index contributed by atoms with van der Waals surface area (Å²) in [5.74, 6) is 1.25.